The second-order valence-electron chi connectivity index (χ2n) is 4.96. The van der Waals surface area contributed by atoms with Gasteiger partial charge in [-0.25, -0.2) is 0 Å². The minimum atomic E-state index is -0.0515. The van der Waals surface area contributed by atoms with E-state index in [9.17, 15) is 0 Å². The normalized spacial score (nSPS) is 44.2. The molecular weight excluding hydrogens is 150 g/mol. The lowest BCUT2D eigenvalue weighted by Crippen LogP contribution is -2.40. The van der Waals surface area contributed by atoms with Crippen LogP contribution < -0.4 is 0 Å². The molecule has 1 saturated carbocycles. The van der Waals surface area contributed by atoms with Gasteiger partial charge in [-0.15, -0.1) is 0 Å². The fourth-order valence-corrected chi connectivity index (χ4v) is 2.65. The van der Waals surface area contributed by atoms with Crippen LogP contribution in [0.4, 0.5) is 0 Å². The van der Waals surface area contributed by atoms with Crippen LogP contribution in [0.25, 0.3) is 0 Å². The molecule has 1 aliphatic heterocycles. The molecule has 0 aromatic heterocycles. The van der Waals surface area contributed by atoms with Crippen molar-refractivity contribution >= 4 is 5.90 Å². The van der Waals surface area contributed by atoms with Gasteiger partial charge < -0.3 is 4.74 Å². The van der Waals surface area contributed by atoms with Gasteiger partial charge >= 0.3 is 0 Å². The van der Waals surface area contributed by atoms with Crippen LogP contribution in [0.3, 0.4) is 0 Å². The van der Waals surface area contributed by atoms with Crippen LogP contribution in [0, 0.1) is 16.7 Å². The summed E-state index contributed by atoms with van der Waals surface area (Å²) >= 11 is 0. The Morgan fingerprint density at radius 2 is 2.08 bits per heavy atom. The maximum absolute atomic E-state index is 7.53. The van der Waals surface area contributed by atoms with Crippen molar-refractivity contribution in [3.63, 3.8) is 0 Å². The summed E-state index contributed by atoms with van der Waals surface area (Å²) in [6, 6.07) is 0. The fraction of sp³-hybridized carbons (Fsp3) is 0.900. The number of nitrogens with one attached hydrogen (secondary N) is 1. The van der Waals surface area contributed by atoms with Crippen molar-refractivity contribution in [2.45, 2.75) is 45.6 Å². The van der Waals surface area contributed by atoms with E-state index in [2.05, 4.69) is 20.8 Å². The van der Waals surface area contributed by atoms with Crippen LogP contribution in [-0.2, 0) is 4.74 Å². The average molecular weight is 167 g/mol. The molecule has 2 aliphatic rings. The van der Waals surface area contributed by atoms with E-state index < -0.39 is 0 Å². The molecule has 1 aliphatic carbocycles. The Bertz CT molecular complexity index is 234. The molecule has 2 nitrogen and oxygen atoms in total. The minimum absolute atomic E-state index is 0.0515. The first-order valence-electron chi connectivity index (χ1n) is 4.72. The van der Waals surface area contributed by atoms with E-state index in [1.807, 2.05) is 0 Å². The zero-order chi connectivity index (χ0) is 8.98. The van der Waals surface area contributed by atoms with Crippen molar-refractivity contribution in [2.75, 3.05) is 0 Å². The lowest BCUT2D eigenvalue weighted by Gasteiger charge is -2.36. The Hall–Kier alpha value is -0.530. The van der Waals surface area contributed by atoms with Crippen LogP contribution in [0.1, 0.15) is 40.0 Å². The highest BCUT2D eigenvalue weighted by molar-refractivity contribution is 5.76. The Balaban J connectivity index is 2.34. The number of fused-ring (bicyclic) bond motifs is 1. The van der Waals surface area contributed by atoms with E-state index in [1.165, 1.54) is 12.8 Å². The first kappa shape index (κ1) is 8.09. The van der Waals surface area contributed by atoms with Crippen molar-refractivity contribution in [3.8, 4) is 0 Å². The van der Waals surface area contributed by atoms with Crippen LogP contribution in [0.5, 0.6) is 0 Å². The maximum Gasteiger partial charge on any atom is 0.181 e. The van der Waals surface area contributed by atoms with Crippen molar-refractivity contribution in [2.24, 2.45) is 11.3 Å². The number of rotatable bonds is 0. The van der Waals surface area contributed by atoms with Gasteiger partial charge in [0, 0.05) is 17.8 Å². The maximum atomic E-state index is 7.53. The Morgan fingerprint density at radius 1 is 1.42 bits per heavy atom. The standard InChI is InChI=1S/C10H17NO/c1-9(2)5-4-7-6-8(11)12-10(7,9)3/h7,11H,4-6H2,1-3H3. The van der Waals surface area contributed by atoms with Gasteiger partial charge in [-0.05, 0) is 19.8 Å². The predicted molar refractivity (Wildman–Crippen MR) is 48.3 cm³/mol. The molecule has 0 radical (unpaired) electrons. The lowest BCUT2D eigenvalue weighted by atomic mass is 9.76. The summed E-state index contributed by atoms with van der Waals surface area (Å²) in [5.41, 5.74) is 0.199. The van der Waals surface area contributed by atoms with Gasteiger partial charge in [0.05, 0.1) is 0 Å². The van der Waals surface area contributed by atoms with Crippen molar-refractivity contribution in [1.29, 1.82) is 5.41 Å². The fourth-order valence-electron chi connectivity index (χ4n) is 2.65. The summed E-state index contributed by atoms with van der Waals surface area (Å²) in [7, 11) is 0. The molecule has 0 aromatic carbocycles. The van der Waals surface area contributed by atoms with Gasteiger partial charge in [0.1, 0.15) is 5.60 Å². The quantitative estimate of drug-likeness (QED) is 0.591. The van der Waals surface area contributed by atoms with Gasteiger partial charge in [-0.3, -0.25) is 5.41 Å². The predicted octanol–water partition coefficient (Wildman–Crippen LogP) is 2.58. The Morgan fingerprint density at radius 3 is 2.67 bits per heavy atom. The SMILES string of the molecule is CC1(C)CCC2CC(=N)OC21C. The molecule has 0 aromatic rings. The Labute approximate surface area is 73.8 Å². The van der Waals surface area contributed by atoms with E-state index in [4.69, 9.17) is 10.1 Å². The van der Waals surface area contributed by atoms with E-state index in [1.54, 1.807) is 0 Å². The molecule has 2 unspecified atom stereocenters. The van der Waals surface area contributed by atoms with Crippen molar-refractivity contribution < 1.29 is 4.74 Å². The average Bonchev–Trinajstić information content (AvgIpc) is 2.31. The molecule has 1 saturated heterocycles. The summed E-state index contributed by atoms with van der Waals surface area (Å²) < 4.78 is 5.67. The van der Waals surface area contributed by atoms with Crippen molar-refractivity contribution in [1.82, 2.24) is 0 Å². The van der Waals surface area contributed by atoms with Crippen LogP contribution in [0.2, 0.25) is 0 Å². The molecule has 1 heterocycles. The number of hydrogen-bond acceptors (Lipinski definition) is 2. The van der Waals surface area contributed by atoms with Gasteiger partial charge in [0.25, 0.3) is 0 Å². The molecule has 0 amide bonds. The summed E-state index contributed by atoms with van der Waals surface area (Å²) in [5, 5.41) is 7.53. The highest BCUT2D eigenvalue weighted by atomic mass is 16.5. The lowest BCUT2D eigenvalue weighted by molar-refractivity contribution is -0.0159. The third-order valence-corrected chi connectivity index (χ3v) is 4.01. The first-order valence-corrected chi connectivity index (χ1v) is 4.72. The first-order chi connectivity index (χ1) is 5.46. The van der Waals surface area contributed by atoms with Gasteiger partial charge in [-0.2, -0.15) is 0 Å². The molecule has 12 heavy (non-hydrogen) atoms. The summed E-state index contributed by atoms with van der Waals surface area (Å²) in [6.07, 6.45) is 3.33. The molecule has 1 N–H and O–H groups in total. The van der Waals surface area contributed by atoms with E-state index in [0.717, 1.165) is 6.42 Å². The summed E-state index contributed by atoms with van der Waals surface area (Å²) in [6.45, 7) is 6.68. The second kappa shape index (κ2) is 2.04. The molecule has 2 atom stereocenters. The monoisotopic (exact) mass is 167 g/mol. The smallest absolute Gasteiger partial charge is 0.181 e. The topological polar surface area (TPSA) is 33.1 Å². The molecule has 0 spiro atoms. The van der Waals surface area contributed by atoms with Crippen LogP contribution in [-0.4, -0.2) is 11.5 Å². The number of ether oxygens (including phenoxy) is 1. The third kappa shape index (κ3) is 0.782. The van der Waals surface area contributed by atoms with Gasteiger partial charge in [0.15, 0.2) is 5.90 Å². The molecule has 2 fully saturated rings. The summed E-state index contributed by atoms with van der Waals surface area (Å²) in [4.78, 5) is 0. The van der Waals surface area contributed by atoms with Gasteiger partial charge in [-0.1, -0.05) is 13.8 Å². The Kier molecular flexibility index (Phi) is 1.37. The third-order valence-electron chi connectivity index (χ3n) is 4.01. The van der Waals surface area contributed by atoms with Crippen molar-refractivity contribution in [3.05, 3.63) is 0 Å². The van der Waals surface area contributed by atoms with E-state index in [0.29, 0.717) is 11.8 Å². The highest BCUT2D eigenvalue weighted by Crippen LogP contribution is 2.56. The van der Waals surface area contributed by atoms with E-state index >= 15 is 0 Å². The molecular formula is C10H17NO. The molecule has 68 valence electrons. The second-order valence-corrected chi connectivity index (χ2v) is 4.96. The number of hydrogen-bond donors (Lipinski definition) is 1. The highest BCUT2D eigenvalue weighted by Gasteiger charge is 2.57. The molecule has 0 bridgehead atoms. The minimum Gasteiger partial charge on any atom is -0.474 e. The van der Waals surface area contributed by atoms with Crippen LogP contribution in [0.15, 0.2) is 0 Å². The largest absolute Gasteiger partial charge is 0.474 e. The van der Waals surface area contributed by atoms with Crippen LogP contribution >= 0.6 is 0 Å². The van der Waals surface area contributed by atoms with E-state index in [-0.39, 0.29) is 11.0 Å². The molecule has 2 rings (SSSR count). The zero-order valence-corrected chi connectivity index (χ0v) is 8.11. The summed E-state index contributed by atoms with van der Waals surface area (Å²) in [5.74, 6) is 1.09. The van der Waals surface area contributed by atoms with Gasteiger partial charge in [0.2, 0.25) is 0 Å². The molecule has 2 heteroatoms. The zero-order valence-electron chi connectivity index (χ0n) is 8.11.